The minimum Gasteiger partial charge on any atom is -0.147 e. The van der Waals surface area contributed by atoms with Gasteiger partial charge in [0.2, 0.25) is 0 Å². The zero-order chi connectivity index (χ0) is 13.5. The van der Waals surface area contributed by atoms with E-state index in [1.807, 2.05) is 24.3 Å². The Bertz CT molecular complexity index is 453. The molecule has 0 saturated carbocycles. The summed E-state index contributed by atoms with van der Waals surface area (Å²) in [6.45, 7) is 0. The Kier molecular flexibility index (Phi) is 10.7. The Morgan fingerprint density at radius 1 is 0.667 bits per heavy atom. The molecule has 0 unspecified atom stereocenters. The molecule has 2 nitrogen and oxygen atoms in total. The predicted molar refractivity (Wildman–Crippen MR) is 93.6 cm³/mol. The van der Waals surface area contributed by atoms with Gasteiger partial charge in [0.15, 0.2) is 0 Å². The molecule has 21 heavy (non-hydrogen) atoms. The first-order chi connectivity index (χ1) is 9.31. The summed E-state index contributed by atoms with van der Waals surface area (Å²) in [5, 5.41) is 0. The Morgan fingerprint density at radius 2 is 1.00 bits per heavy atom. The molecular weight excluding hydrogens is 414 g/mol. The fourth-order valence-electron chi connectivity index (χ4n) is 1.84. The van der Waals surface area contributed by atoms with Crippen LogP contribution < -0.4 is 9.47 Å². The van der Waals surface area contributed by atoms with Gasteiger partial charge in [-0.25, -0.2) is 0 Å². The Morgan fingerprint density at radius 3 is 1.29 bits per heavy atom. The normalized spacial score (nSPS) is 9.24. The van der Waals surface area contributed by atoms with E-state index < -0.39 is 0 Å². The van der Waals surface area contributed by atoms with Gasteiger partial charge in [-0.3, -0.25) is 0 Å². The van der Waals surface area contributed by atoms with Crippen LogP contribution in [0.5, 0.6) is 11.5 Å². The molecule has 2 aromatic carbocycles. The first-order valence-corrected chi connectivity index (χ1v) is 10.3. The second kappa shape index (κ2) is 11.0. The van der Waals surface area contributed by atoms with Crippen molar-refractivity contribution < 1.29 is 9.47 Å². The van der Waals surface area contributed by atoms with Crippen molar-refractivity contribution in [2.75, 3.05) is 14.2 Å². The molecule has 0 atom stereocenters. The van der Waals surface area contributed by atoms with Crippen LogP contribution in [0.25, 0.3) is 0 Å². The van der Waals surface area contributed by atoms with Gasteiger partial charge in [-0.15, -0.1) is 24.8 Å². The van der Waals surface area contributed by atoms with Crippen LogP contribution in [0, 0.1) is 0 Å². The molecule has 0 fully saturated rings. The first-order valence-electron chi connectivity index (χ1n) is 6.28. The number of benzene rings is 2. The maximum Gasteiger partial charge on any atom is -0.147 e. The van der Waals surface area contributed by atoms with Crippen LogP contribution in [0.3, 0.4) is 0 Å². The molecule has 0 saturated heterocycles. The number of hydrogen-bond acceptors (Lipinski definition) is 2. The summed E-state index contributed by atoms with van der Waals surface area (Å²) in [5.74, 6) is 1.87. The molecular formula is C16H20Cl2O2Sn. The Hall–Kier alpha value is -0.581. The second-order valence-electron chi connectivity index (χ2n) is 4.30. The third-order valence-electron chi connectivity index (χ3n) is 2.98. The van der Waals surface area contributed by atoms with E-state index in [9.17, 15) is 0 Å². The summed E-state index contributed by atoms with van der Waals surface area (Å²) in [6.07, 6.45) is 0. The summed E-state index contributed by atoms with van der Waals surface area (Å²) in [4.78, 5) is 0. The topological polar surface area (TPSA) is 18.5 Å². The van der Waals surface area contributed by atoms with Crippen LogP contribution in [-0.4, -0.2) is 35.4 Å². The molecule has 0 heterocycles. The molecule has 0 bridgehead atoms. The maximum absolute atomic E-state index is 5.17. The van der Waals surface area contributed by atoms with Gasteiger partial charge in [-0.05, 0) is 0 Å². The Balaban J connectivity index is 0.00000200. The predicted octanol–water partition coefficient (Wildman–Crippen LogP) is 3.95. The van der Waals surface area contributed by atoms with Crippen molar-refractivity contribution >= 4 is 46.0 Å². The molecule has 0 amide bonds. The average molecular weight is 434 g/mol. The number of rotatable bonds is 6. The molecule has 0 aliphatic heterocycles. The van der Waals surface area contributed by atoms with Gasteiger partial charge in [0.05, 0.1) is 0 Å². The van der Waals surface area contributed by atoms with E-state index in [0.717, 1.165) is 11.5 Å². The van der Waals surface area contributed by atoms with E-state index in [1.165, 1.54) is 20.0 Å². The third kappa shape index (κ3) is 6.81. The molecule has 0 aliphatic carbocycles. The number of ether oxygens (including phenoxy) is 2. The maximum atomic E-state index is 5.17. The second-order valence-corrected chi connectivity index (χ2v) is 7.74. The monoisotopic (exact) mass is 434 g/mol. The van der Waals surface area contributed by atoms with Crippen molar-refractivity contribution in [1.29, 1.82) is 0 Å². The van der Waals surface area contributed by atoms with Crippen LogP contribution in [0.15, 0.2) is 48.5 Å². The quantitative estimate of drug-likeness (QED) is 0.642. The van der Waals surface area contributed by atoms with Crippen LogP contribution >= 0.6 is 24.8 Å². The van der Waals surface area contributed by atoms with Crippen LogP contribution in [0.4, 0.5) is 0 Å². The summed E-state index contributed by atoms with van der Waals surface area (Å²) >= 11 is -0.385. The molecule has 2 aromatic rings. The molecule has 0 aromatic heterocycles. The number of halogens is 2. The van der Waals surface area contributed by atoms with Gasteiger partial charge >= 0.3 is 125 Å². The summed E-state index contributed by atoms with van der Waals surface area (Å²) < 4.78 is 12.9. The fourth-order valence-corrected chi connectivity index (χ4v) is 5.19. The molecule has 114 valence electrons. The number of hydrogen-bond donors (Lipinski definition) is 0. The minimum atomic E-state index is -0.385. The third-order valence-corrected chi connectivity index (χ3v) is 6.73. The van der Waals surface area contributed by atoms with Crippen molar-refractivity contribution in [1.82, 2.24) is 0 Å². The molecule has 0 N–H and O–H groups in total. The average Bonchev–Trinajstić information content (AvgIpc) is 2.49. The van der Waals surface area contributed by atoms with Crippen molar-refractivity contribution in [3.63, 3.8) is 0 Å². The zero-order valence-corrected chi connectivity index (χ0v) is 16.7. The fraction of sp³-hybridized carbons (Fsp3) is 0.250. The Labute approximate surface area is 149 Å². The SMILES string of the molecule is COc1ccc([CH2][Sn][CH2]c2ccc(OC)cc2)cc1.Cl.Cl. The smallest absolute Gasteiger partial charge is 0.147 e. The van der Waals surface area contributed by atoms with Crippen molar-refractivity contribution in [3.05, 3.63) is 59.7 Å². The van der Waals surface area contributed by atoms with Gasteiger partial charge in [0, 0.05) is 0 Å². The summed E-state index contributed by atoms with van der Waals surface area (Å²) in [5.41, 5.74) is 2.86. The van der Waals surface area contributed by atoms with Gasteiger partial charge in [0.1, 0.15) is 0 Å². The molecule has 2 radical (unpaired) electrons. The van der Waals surface area contributed by atoms with Crippen molar-refractivity contribution in [2.45, 2.75) is 8.87 Å². The largest absolute Gasteiger partial charge is 0.147 e. The molecule has 2 rings (SSSR count). The van der Waals surface area contributed by atoms with Crippen LogP contribution in [-0.2, 0) is 8.87 Å². The van der Waals surface area contributed by atoms with E-state index >= 15 is 0 Å². The van der Waals surface area contributed by atoms with Crippen LogP contribution in [0.1, 0.15) is 11.1 Å². The molecule has 0 spiro atoms. The standard InChI is InChI=1S/2C8H9O.2ClH.Sn/c2*1-7-3-5-8(9-2)6-4-7;;;/h2*3-6H,1H2,2H3;2*1H;. The van der Waals surface area contributed by atoms with E-state index in [-0.39, 0.29) is 46.0 Å². The first kappa shape index (κ1) is 20.4. The van der Waals surface area contributed by atoms with E-state index in [2.05, 4.69) is 24.3 Å². The summed E-state index contributed by atoms with van der Waals surface area (Å²) in [7, 11) is 3.41. The van der Waals surface area contributed by atoms with Gasteiger partial charge < -0.3 is 0 Å². The molecule has 0 aliphatic rings. The number of methoxy groups -OCH3 is 2. The van der Waals surface area contributed by atoms with E-state index in [1.54, 1.807) is 14.2 Å². The van der Waals surface area contributed by atoms with Gasteiger partial charge in [-0.2, -0.15) is 0 Å². The zero-order valence-electron chi connectivity index (χ0n) is 12.2. The van der Waals surface area contributed by atoms with Gasteiger partial charge in [0.25, 0.3) is 0 Å². The van der Waals surface area contributed by atoms with E-state index in [0.29, 0.717) is 0 Å². The van der Waals surface area contributed by atoms with Gasteiger partial charge in [-0.1, -0.05) is 0 Å². The van der Waals surface area contributed by atoms with Crippen LogP contribution in [0.2, 0.25) is 0 Å². The minimum absolute atomic E-state index is 0. The van der Waals surface area contributed by atoms with Crippen molar-refractivity contribution in [3.8, 4) is 11.5 Å². The summed E-state index contributed by atoms with van der Waals surface area (Å²) in [6, 6.07) is 16.9. The van der Waals surface area contributed by atoms with E-state index in [4.69, 9.17) is 9.47 Å². The van der Waals surface area contributed by atoms with Crippen molar-refractivity contribution in [2.24, 2.45) is 0 Å². The molecule has 5 heteroatoms.